The van der Waals surface area contributed by atoms with Crippen molar-refractivity contribution in [1.29, 1.82) is 0 Å². The van der Waals surface area contributed by atoms with Gasteiger partial charge in [0.2, 0.25) is 0 Å². The van der Waals surface area contributed by atoms with Gasteiger partial charge in [0, 0.05) is 22.2 Å². The first kappa shape index (κ1) is 17.3. The molecule has 0 fully saturated rings. The second kappa shape index (κ2) is 8.56. The number of carbonyl (C=O) groups is 2. The van der Waals surface area contributed by atoms with E-state index >= 15 is 0 Å². The van der Waals surface area contributed by atoms with Crippen molar-refractivity contribution in [2.45, 2.75) is 6.42 Å². The van der Waals surface area contributed by atoms with Crippen molar-refractivity contribution in [3.8, 4) is 5.75 Å². The van der Waals surface area contributed by atoms with Crippen LogP contribution in [0.2, 0.25) is 10.0 Å². The predicted octanol–water partition coefficient (Wildman–Crippen LogP) is 3.54. The molecule has 0 spiro atoms. The van der Waals surface area contributed by atoms with Crippen LogP contribution in [0, 0.1) is 0 Å². The average Bonchev–Trinajstić information content (AvgIpc) is 2.55. The third kappa shape index (κ3) is 5.58. The highest BCUT2D eigenvalue weighted by Crippen LogP contribution is 2.21. The first-order valence-corrected chi connectivity index (χ1v) is 7.73. The molecule has 0 heterocycles. The summed E-state index contributed by atoms with van der Waals surface area (Å²) in [6, 6.07) is 11.9. The number of aldehydes is 1. The molecule has 0 saturated heterocycles. The smallest absolute Gasteiger partial charge is 0.257 e. The summed E-state index contributed by atoms with van der Waals surface area (Å²) in [6.07, 6.45) is 1.32. The fourth-order valence-electron chi connectivity index (χ4n) is 1.94. The van der Waals surface area contributed by atoms with Crippen LogP contribution in [-0.2, 0) is 11.2 Å². The molecule has 1 N–H and O–H groups in total. The van der Waals surface area contributed by atoms with E-state index in [4.69, 9.17) is 27.9 Å². The van der Waals surface area contributed by atoms with Crippen molar-refractivity contribution in [1.82, 2.24) is 5.32 Å². The Morgan fingerprint density at radius 1 is 1.17 bits per heavy atom. The van der Waals surface area contributed by atoms with Gasteiger partial charge < -0.3 is 10.1 Å². The minimum atomic E-state index is -0.244. The number of amides is 1. The molecule has 1 amide bonds. The van der Waals surface area contributed by atoms with E-state index in [0.717, 1.165) is 11.8 Å². The van der Waals surface area contributed by atoms with Gasteiger partial charge >= 0.3 is 0 Å². The standard InChI is InChI=1S/C17H15Cl2NO3/c18-14-5-4-13(16(19)9-14)6-7-20-17(22)11-23-15-3-1-2-12(8-15)10-21/h1-5,8-10H,6-7,11H2,(H,20,22). The first-order chi connectivity index (χ1) is 11.1. The van der Waals surface area contributed by atoms with E-state index in [1.165, 1.54) is 0 Å². The normalized spacial score (nSPS) is 10.2. The molecule has 0 unspecified atom stereocenters. The van der Waals surface area contributed by atoms with Crippen molar-refractivity contribution in [2.75, 3.05) is 13.2 Å². The van der Waals surface area contributed by atoms with Crippen molar-refractivity contribution in [3.05, 3.63) is 63.6 Å². The van der Waals surface area contributed by atoms with Crippen molar-refractivity contribution in [2.24, 2.45) is 0 Å². The summed E-state index contributed by atoms with van der Waals surface area (Å²) in [5.74, 6) is 0.233. The van der Waals surface area contributed by atoms with Gasteiger partial charge in [0.15, 0.2) is 6.61 Å². The van der Waals surface area contributed by atoms with Gasteiger partial charge in [-0.05, 0) is 36.2 Å². The van der Waals surface area contributed by atoms with Crippen molar-refractivity contribution in [3.63, 3.8) is 0 Å². The lowest BCUT2D eigenvalue weighted by molar-refractivity contribution is -0.123. The summed E-state index contributed by atoms with van der Waals surface area (Å²) in [5.41, 5.74) is 1.41. The van der Waals surface area contributed by atoms with E-state index in [1.54, 1.807) is 36.4 Å². The molecule has 0 bridgehead atoms. The monoisotopic (exact) mass is 351 g/mol. The highest BCUT2D eigenvalue weighted by Gasteiger charge is 2.05. The number of benzene rings is 2. The Bertz CT molecular complexity index is 704. The number of hydrogen-bond donors (Lipinski definition) is 1. The Balaban J connectivity index is 1.75. The number of ether oxygens (including phenoxy) is 1. The Hall–Kier alpha value is -2.04. The van der Waals surface area contributed by atoms with Crippen LogP contribution in [0.15, 0.2) is 42.5 Å². The largest absolute Gasteiger partial charge is 0.484 e. The van der Waals surface area contributed by atoms with E-state index in [1.807, 2.05) is 6.07 Å². The molecule has 0 aromatic heterocycles. The zero-order chi connectivity index (χ0) is 16.7. The molecule has 0 aliphatic heterocycles. The van der Waals surface area contributed by atoms with Crippen LogP contribution < -0.4 is 10.1 Å². The third-order valence-corrected chi connectivity index (χ3v) is 3.68. The summed E-state index contributed by atoms with van der Waals surface area (Å²) >= 11 is 11.9. The van der Waals surface area contributed by atoms with Gasteiger partial charge in [-0.1, -0.05) is 41.4 Å². The van der Waals surface area contributed by atoms with E-state index in [0.29, 0.717) is 34.3 Å². The van der Waals surface area contributed by atoms with Gasteiger partial charge in [-0.25, -0.2) is 0 Å². The molecule has 0 saturated carbocycles. The van der Waals surface area contributed by atoms with Crippen molar-refractivity contribution >= 4 is 35.4 Å². The van der Waals surface area contributed by atoms with Gasteiger partial charge in [-0.2, -0.15) is 0 Å². The molecule has 0 aliphatic carbocycles. The van der Waals surface area contributed by atoms with Crippen LogP contribution in [0.25, 0.3) is 0 Å². The van der Waals surface area contributed by atoms with Gasteiger partial charge in [0.1, 0.15) is 12.0 Å². The van der Waals surface area contributed by atoms with Gasteiger partial charge in [-0.15, -0.1) is 0 Å². The molecular weight excluding hydrogens is 337 g/mol. The summed E-state index contributed by atoms with van der Waals surface area (Å²) in [4.78, 5) is 22.4. The summed E-state index contributed by atoms with van der Waals surface area (Å²) in [5, 5.41) is 3.90. The molecule has 6 heteroatoms. The molecule has 0 radical (unpaired) electrons. The fraction of sp³-hybridized carbons (Fsp3) is 0.176. The second-order valence-corrected chi connectivity index (χ2v) is 5.66. The number of rotatable bonds is 7. The molecule has 0 aliphatic rings. The Kier molecular flexibility index (Phi) is 6.44. The quantitative estimate of drug-likeness (QED) is 0.776. The molecule has 0 atom stereocenters. The average molecular weight is 352 g/mol. The van der Waals surface area contributed by atoms with Gasteiger partial charge in [0.05, 0.1) is 0 Å². The van der Waals surface area contributed by atoms with E-state index in [9.17, 15) is 9.59 Å². The van der Waals surface area contributed by atoms with E-state index < -0.39 is 0 Å². The summed E-state index contributed by atoms with van der Waals surface area (Å²) in [7, 11) is 0. The highest BCUT2D eigenvalue weighted by atomic mass is 35.5. The number of hydrogen-bond acceptors (Lipinski definition) is 3. The zero-order valence-corrected chi connectivity index (χ0v) is 13.7. The molecule has 2 aromatic carbocycles. The molecular formula is C17H15Cl2NO3. The van der Waals surface area contributed by atoms with Crippen LogP contribution in [0.5, 0.6) is 5.75 Å². The highest BCUT2D eigenvalue weighted by molar-refractivity contribution is 6.35. The lowest BCUT2D eigenvalue weighted by Crippen LogP contribution is -2.30. The molecule has 23 heavy (non-hydrogen) atoms. The number of nitrogens with one attached hydrogen (secondary N) is 1. The van der Waals surface area contributed by atoms with Crippen molar-refractivity contribution < 1.29 is 14.3 Å². The molecule has 2 rings (SSSR count). The molecule has 120 valence electrons. The first-order valence-electron chi connectivity index (χ1n) is 6.97. The van der Waals surface area contributed by atoms with E-state index in [-0.39, 0.29) is 12.5 Å². The number of halogens is 2. The van der Waals surface area contributed by atoms with Crippen LogP contribution >= 0.6 is 23.2 Å². The molecule has 2 aromatic rings. The minimum Gasteiger partial charge on any atom is -0.484 e. The molecule has 4 nitrogen and oxygen atoms in total. The predicted molar refractivity (Wildman–Crippen MR) is 90.5 cm³/mol. The maximum Gasteiger partial charge on any atom is 0.257 e. The maximum absolute atomic E-state index is 11.7. The Morgan fingerprint density at radius 3 is 2.74 bits per heavy atom. The van der Waals surface area contributed by atoms with E-state index in [2.05, 4.69) is 5.32 Å². The third-order valence-electron chi connectivity index (χ3n) is 3.10. The van der Waals surface area contributed by atoms with Crippen LogP contribution in [0.3, 0.4) is 0 Å². The lowest BCUT2D eigenvalue weighted by Gasteiger charge is -2.09. The fourth-order valence-corrected chi connectivity index (χ4v) is 2.44. The van der Waals surface area contributed by atoms with Crippen LogP contribution in [-0.4, -0.2) is 25.3 Å². The number of carbonyl (C=O) groups excluding carboxylic acids is 2. The Morgan fingerprint density at radius 2 is 2.00 bits per heavy atom. The summed E-state index contributed by atoms with van der Waals surface area (Å²) in [6.45, 7) is 0.328. The topological polar surface area (TPSA) is 55.4 Å². The van der Waals surface area contributed by atoms with Gasteiger partial charge in [-0.3, -0.25) is 9.59 Å². The SMILES string of the molecule is O=Cc1cccc(OCC(=O)NCCc2ccc(Cl)cc2Cl)c1. The van der Waals surface area contributed by atoms with Crippen LogP contribution in [0.4, 0.5) is 0 Å². The van der Waals surface area contributed by atoms with Gasteiger partial charge in [0.25, 0.3) is 5.91 Å². The zero-order valence-electron chi connectivity index (χ0n) is 12.2. The second-order valence-electron chi connectivity index (χ2n) is 4.81. The maximum atomic E-state index is 11.7. The lowest BCUT2D eigenvalue weighted by atomic mass is 10.1. The van der Waals surface area contributed by atoms with Crippen LogP contribution in [0.1, 0.15) is 15.9 Å². The minimum absolute atomic E-state index is 0.114. The summed E-state index contributed by atoms with van der Waals surface area (Å²) < 4.78 is 5.34. The Labute approximate surface area is 144 Å².